The van der Waals surface area contributed by atoms with Crippen LogP contribution in [0.25, 0.3) is 0 Å². The monoisotopic (exact) mass is 383 g/mol. The molecule has 1 N–H and O–H groups in total. The number of likely N-dealkylation sites (N-methyl/N-ethyl adjacent to an activating group) is 1. The number of nitrogens with zero attached hydrogens (tertiary/aromatic N) is 4. The van der Waals surface area contributed by atoms with Gasteiger partial charge in [0.25, 0.3) is 0 Å². The van der Waals surface area contributed by atoms with E-state index >= 15 is 0 Å². The highest BCUT2D eigenvalue weighted by Crippen LogP contribution is 2.24. The molecule has 0 bridgehead atoms. The van der Waals surface area contributed by atoms with Crippen LogP contribution in [-0.4, -0.2) is 52.0 Å². The van der Waals surface area contributed by atoms with Crippen LogP contribution in [0, 0.1) is 6.92 Å². The van der Waals surface area contributed by atoms with Gasteiger partial charge in [-0.2, -0.15) is 5.10 Å². The van der Waals surface area contributed by atoms with Crippen molar-refractivity contribution in [3.8, 4) is 0 Å². The lowest BCUT2D eigenvalue weighted by atomic mass is 10.0. The van der Waals surface area contributed by atoms with Gasteiger partial charge >= 0.3 is 0 Å². The van der Waals surface area contributed by atoms with Crippen molar-refractivity contribution in [2.75, 3.05) is 20.6 Å². The van der Waals surface area contributed by atoms with Crippen molar-refractivity contribution in [1.29, 1.82) is 0 Å². The maximum Gasteiger partial charge on any atom is 0.244 e. The number of carbonyl (C=O) groups excluding carboxylic acids is 2. The summed E-state index contributed by atoms with van der Waals surface area (Å²) in [7, 11) is 3.88. The van der Waals surface area contributed by atoms with Gasteiger partial charge in [0.2, 0.25) is 11.8 Å². The van der Waals surface area contributed by atoms with E-state index in [-0.39, 0.29) is 17.9 Å². The van der Waals surface area contributed by atoms with Crippen molar-refractivity contribution in [3.05, 3.63) is 52.8 Å². The van der Waals surface area contributed by atoms with Gasteiger partial charge in [0.15, 0.2) is 0 Å². The van der Waals surface area contributed by atoms with Crippen LogP contribution >= 0.6 is 0 Å². The Morgan fingerprint density at radius 1 is 1.25 bits per heavy atom. The van der Waals surface area contributed by atoms with E-state index in [1.54, 1.807) is 0 Å². The van der Waals surface area contributed by atoms with E-state index in [1.165, 1.54) is 0 Å². The molecule has 1 aromatic heterocycles. The summed E-state index contributed by atoms with van der Waals surface area (Å²) < 4.78 is 1.94. The summed E-state index contributed by atoms with van der Waals surface area (Å²) in [6, 6.07) is 9.80. The molecule has 0 aliphatic carbocycles. The Labute approximate surface area is 166 Å². The first kappa shape index (κ1) is 20.1. The summed E-state index contributed by atoms with van der Waals surface area (Å²) in [6.07, 6.45) is 0.459. The van der Waals surface area contributed by atoms with Gasteiger partial charge in [0, 0.05) is 13.0 Å². The lowest BCUT2D eigenvalue weighted by Crippen LogP contribution is -2.44. The third kappa shape index (κ3) is 4.42. The molecule has 0 spiro atoms. The van der Waals surface area contributed by atoms with E-state index < -0.39 is 0 Å². The number of hydrogen-bond donors (Lipinski definition) is 1. The van der Waals surface area contributed by atoms with Gasteiger partial charge in [-0.05, 0) is 32.6 Å². The molecule has 1 aromatic carbocycles. The fraction of sp³-hybridized carbons (Fsp3) is 0.476. The fourth-order valence-corrected chi connectivity index (χ4v) is 3.59. The first-order chi connectivity index (χ1) is 13.4. The van der Waals surface area contributed by atoms with Crippen molar-refractivity contribution >= 4 is 11.8 Å². The number of fused-ring (bicyclic) bond motifs is 1. The van der Waals surface area contributed by atoms with Crippen LogP contribution in [0.4, 0.5) is 0 Å². The predicted molar refractivity (Wildman–Crippen MR) is 107 cm³/mol. The SMILES string of the molecule is CCC(=O)NCc1cc2n(n1)CCN(C(=O)[C@H](c1cccc(C)c1)N(C)C)C2. The zero-order valence-corrected chi connectivity index (χ0v) is 17.1. The number of aryl methyl sites for hydroxylation is 1. The van der Waals surface area contributed by atoms with Crippen molar-refractivity contribution in [3.63, 3.8) is 0 Å². The highest BCUT2D eigenvalue weighted by atomic mass is 16.2. The Morgan fingerprint density at radius 3 is 2.71 bits per heavy atom. The van der Waals surface area contributed by atoms with Crippen LogP contribution in [0.3, 0.4) is 0 Å². The quantitative estimate of drug-likeness (QED) is 0.827. The lowest BCUT2D eigenvalue weighted by Gasteiger charge is -2.33. The normalized spacial score (nSPS) is 14.7. The van der Waals surface area contributed by atoms with Crippen LogP contribution in [0.15, 0.2) is 30.3 Å². The minimum atomic E-state index is -0.308. The van der Waals surface area contributed by atoms with Gasteiger partial charge < -0.3 is 10.2 Å². The van der Waals surface area contributed by atoms with Crippen molar-refractivity contribution in [1.82, 2.24) is 24.9 Å². The summed E-state index contributed by atoms with van der Waals surface area (Å²) in [5.41, 5.74) is 3.99. The van der Waals surface area contributed by atoms with Crippen molar-refractivity contribution < 1.29 is 9.59 Å². The molecule has 1 aliphatic rings. The Kier molecular flexibility index (Phi) is 6.14. The van der Waals surface area contributed by atoms with Crippen LogP contribution in [0.5, 0.6) is 0 Å². The number of carbonyl (C=O) groups is 2. The maximum absolute atomic E-state index is 13.3. The number of benzene rings is 1. The zero-order valence-electron chi connectivity index (χ0n) is 17.1. The maximum atomic E-state index is 13.3. The standard InChI is InChI=1S/C21H29N5O2/c1-5-19(27)22-13-17-12-18-14-25(9-10-26(18)23-17)21(28)20(24(3)4)16-8-6-7-15(2)11-16/h6-8,11-12,20H,5,9-10,13-14H2,1-4H3,(H,22,27)/t20-/m0/s1. The summed E-state index contributed by atoms with van der Waals surface area (Å²) in [5, 5.41) is 7.40. The molecule has 0 radical (unpaired) electrons. The summed E-state index contributed by atoms with van der Waals surface area (Å²) in [5.74, 6) is 0.110. The van der Waals surface area contributed by atoms with Crippen molar-refractivity contribution in [2.24, 2.45) is 0 Å². The molecule has 3 rings (SSSR count). The van der Waals surface area contributed by atoms with E-state index in [9.17, 15) is 9.59 Å². The Hall–Kier alpha value is -2.67. The largest absolute Gasteiger partial charge is 0.350 e. The second-order valence-electron chi connectivity index (χ2n) is 7.52. The van der Waals surface area contributed by atoms with Gasteiger partial charge in [0.05, 0.1) is 31.0 Å². The minimum absolute atomic E-state index is 0.00903. The molecular formula is C21H29N5O2. The molecule has 0 fully saturated rings. The van der Waals surface area contributed by atoms with Crippen LogP contribution in [0.2, 0.25) is 0 Å². The highest BCUT2D eigenvalue weighted by Gasteiger charge is 2.30. The molecule has 2 amide bonds. The van der Waals surface area contributed by atoms with Gasteiger partial charge in [-0.15, -0.1) is 0 Å². The first-order valence-electron chi connectivity index (χ1n) is 9.73. The van der Waals surface area contributed by atoms with Crippen LogP contribution < -0.4 is 5.32 Å². The number of aromatic nitrogens is 2. The Bertz CT molecular complexity index is 858. The topological polar surface area (TPSA) is 70.5 Å². The third-order valence-electron chi connectivity index (χ3n) is 5.06. The highest BCUT2D eigenvalue weighted by molar-refractivity contribution is 5.83. The lowest BCUT2D eigenvalue weighted by molar-refractivity contribution is -0.138. The molecule has 7 nitrogen and oxygen atoms in total. The number of rotatable bonds is 6. The van der Waals surface area contributed by atoms with Crippen molar-refractivity contribution in [2.45, 2.75) is 45.9 Å². The Morgan fingerprint density at radius 2 is 2.04 bits per heavy atom. The summed E-state index contributed by atoms with van der Waals surface area (Å²) >= 11 is 0. The molecule has 28 heavy (non-hydrogen) atoms. The van der Waals surface area contributed by atoms with Gasteiger partial charge in [-0.3, -0.25) is 19.2 Å². The second kappa shape index (κ2) is 8.56. The van der Waals surface area contributed by atoms with E-state index in [2.05, 4.69) is 16.5 Å². The molecule has 0 saturated heterocycles. The minimum Gasteiger partial charge on any atom is -0.350 e. The molecule has 0 saturated carbocycles. The average Bonchev–Trinajstić information content (AvgIpc) is 3.08. The summed E-state index contributed by atoms with van der Waals surface area (Å²) in [6.45, 7) is 6.11. The van der Waals surface area contributed by atoms with Gasteiger partial charge in [-0.1, -0.05) is 36.8 Å². The third-order valence-corrected chi connectivity index (χ3v) is 5.06. The number of amides is 2. The molecular weight excluding hydrogens is 354 g/mol. The smallest absolute Gasteiger partial charge is 0.244 e. The number of nitrogens with one attached hydrogen (secondary N) is 1. The number of hydrogen-bond acceptors (Lipinski definition) is 4. The van der Waals surface area contributed by atoms with E-state index in [0.717, 1.165) is 22.5 Å². The van der Waals surface area contributed by atoms with Crippen LogP contribution in [-0.2, 0) is 29.2 Å². The zero-order chi connectivity index (χ0) is 20.3. The predicted octanol–water partition coefficient (Wildman–Crippen LogP) is 1.86. The average molecular weight is 383 g/mol. The van der Waals surface area contributed by atoms with E-state index in [4.69, 9.17) is 0 Å². The Balaban J connectivity index is 1.74. The molecule has 1 atom stereocenters. The molecule has 2 heterocycles. The fourth-order valence-electron chi connectivity index (χ4n) is 3.59. The molecule has 7 heteroatoms. The van der Waals surface area contributed by atoms with E-state index in [0.29, 0.717) is 32.6 Å². The van der Waals surface area contributed by atoms with Crippen LogP contribution in [0.1, 0.15) is 41.9 Å². The molecule has 1 aliphatic heterocycles. The van der Waals surface area contributed by atoms with E-state index in [1.807, 2.05) is 66.7 Å². The molecule has 150 valence electrons. The van der Waals surface area contributed by atoms with Gasteiger partial charge in [-0.25, -0.2) is 0 Å². The molecule has 2 aromatic rings. The van der Waals surface area contributed by atoms with Gasteiger partial charge in [0.1, 0.15) is 6.04 Å². The first-order valence-corrected chi connectivity index (χ1v) is 9.73. The second-order valence-corrected chi connectivity index (χ2v) is 7.52. The molecule has 0 unspecified atom stereocenters. The summed E-state index contributed by atoms with van der Waals surface area (Å²) in [4.78, 5) is 28.7.